The largest absolute Gasteiger partial charge is 0.475 e. The first-order chi connectivity index (χ1) is 7.86. The van der Waals surface area contributed by atoms with E-state index in [-0.39, 0.29) is 0 Å². The van der Waals surface area contributed by atoms with Gasteiger partial charge in [0.25, 0.3) is 0 Å². The average Bonchev–Trinajstić information content (AvgIpc) is 2.31. The molecule has 0 bridgehead atoms. The quantitative estimate of drug-likeness (QED) is 0.681. The van der Waals surface area contributed by atoms with E-state index in [1.54, 1.807) is 0 Å². The van der Waals surface area contributed by atoms with Crippen molar-refractivity contribution in [2.24, 2.45) is 0 Å². The number of hydrogen-bond donors (Lipinski definition) is 1. The van der Waals surface area contributed by atoms with Gasteiger partial charge in [0.15, 0.2) is 0 Å². The Bertz CT molecular complexity index is 275. The van der Waals surface area contributed by atoms with E-state index >= 15 is 0 Å². The molecule has 0 atom stereocenters. The highest BCUT2D eigenvalue weighted by atomic mass is 16.5. The first kappa shape index (κ1) is 12.9. The van der Waals surface area contributed by atoms with Crippen LogP contribution in [0.2, 0.25) is 0 Å². The Kier molecular flexibility index (Phi) is 6.53. The second kappa shape index (κ2) is 8.07. The van der Waals surface area contributed by atoms with Gasteiger partial charge >= 0.3 is 0 Å². The minimum absolute atomic E-state index is 0.554. The van der Waals surface area contributed by atoms with Crippen molar-refractivity contribution in [2.75, 3.05) is 26.9 Å². The predicted molar refractivity (Wildman–Crippen MR) is 63.6 cm³/mol. The number of nitrogens with zero attached hydrogens (tertiary/aromatic N) is 1. The molecule has 0 fully saturated rings. The summed E-state index contributed by atoms with van der Waals surface area (Å²) in [7, 11) is 1.91. The molecule has 0 saturated heterocycles. The smallest absolute Gasteiger partial charge is 0.213 e. The second-order valence-corrected chi connectivity index (χ2v) is 3.50. The Balaban J connectivity index is 2.21. The van der Waals surface area contributed by atoms with Gasteiger partial charge < -0.3 is 14.8 Å². The fraction of sp³-hybridized carbons (Fsp3) is 0.583. The Morgan fingerprint density at radius 3 is 2.75 bits per heavy atom. The molecule has 1 aromatic heterocycles. The summed E-state index contributed by atoms with van der Waals surface area (Å²) in [6.45, 7) is 4.87. The molecule has 0 spiro atoms. The lowest BCUT2D eigenvalue weighted by molar-refractivity contribution is 0.0990. The highest BCUT2D eigenvalue weighted by Crippen LogP contribution is 2.07. The standard InChI is InChI=1S/C12H20N2O2/c1-3-6-15-7-8-16-12-5-4-11(9-13-2)10-14-12/h4-5,10,13H,3,6-9H2,1-2H3. The van der Waals surface area contributed by atoms with Crippen LogP contribution in [-0.4, -0.2) is 31.9 Å². The van der Waals surface area contributed by atoms with Crippen molar-refractivity contribution in [2.45, 2.75) is 19.9 Å². The van der Waals surface area contributed by atoms with Crippen molar-refractivity contribution >= 4 is 0 Å². The molecule has 1 N–H and O–H groups in total. The SMILES string of the molecule is CCCOCCOc1ccc(CNC)cn1. The average molecular weight is 224 g/mol. The van der Waals surface area contributed by atoms with Crippen molar-refractivity contribution in [1.82, 2.24) is 10.3 Å². The molecule has 1 rings (SSSR count). The lowest BCUT2D eigenvalue weighted by Crippen LogP contribution is -2.08. The monoisotopic (exact) mass is 224 g/mol. The van der Waals surface area contributed by atoms with Gasteiger partial charge in [0, 0.05) is 25.4 Å². The van der Waals surface area contributed by atoms with Gasteiger partial charge in [-0.25, -0.2) is 4.98 Å². The van der Waals surface area contributed by atoms with Crippen molar-refractivity contribution in [3.05, 3.63) is 23.9 Å². The zero-order valence-corrected chi connectivity index (χ0v) is 10.0. The van der Waals surface area contributed by atoms with E-state index in [1.807, 2.05) is 25.4 Å². The molecule has 16 heavy (non-hydrogen) atoms. The molecule has 1 aromatic rings. The van der Waals surface area contributed by atoms with E-state index in [2.05, 4.69) is 17.2 Å². The van der Waals surface area contributed by atoms with Crippen LogP contribution in [0, 0.1) is 0 Å². The number of rotatable bonds is 8. The predicted octanol–water partition coefficient (Wildman–Crippen LogP) is 1.61. The van der Waals surface area contributed by atoms with E-state index in [1.165, 1.54) is 0 Å². The Morgan fingerprint density at radius 1 is 1.25 bits per heavy atom. The van der Waals surface area contributed by atoms with Gasteiger partial charge in [-0.1, -0.05) is 13.0 Å². The van der Waals surface area contributed by atoms with E-state index in [4.69, 9.17) is 9.47 Å². The molecule has 0 aliphatic carbocycles. The molecular formula is C12H20N2O2. The van der Waals surface area contributed by atoms with Crippen LogP contribution in [-0.2, 0) is 11.3 Å². The Hall–Kier alpha value is -1.13. The molecule has 0 aromatic carbocycles. The molecule has 4 heteroatoms. The van der Waals surface area contributed by atoms with E-state index < -0.39 is 0 Å². The van der Waals surface area contributed by atoms with Crippen LogP contribution in [0.5, 0.6) is 5.88 Å². The number of aromatic nitrogens is 1. The minimum atomic E-state index is 0.554. The van der Waals surface area contributed by atoms with Crippen LogP contribution in [0.3, 0.4) is 0 Å². The third kappa shape index (κ3) is 5.09. The van der Waals surface area contributed by atoms with E-state index in [0.29, 0.717) is 19.1 Å². The third-order valence-electron chi connectivity index (χ3n) is 2.00. The van der Waals surface area contributed by atoms with Crippen LogP contribution in [0.25, 0.3) is 0 Å². The van der Waals surface area contributed by atoms with Gasteiger partial charge in [-0.05, 0) is 19.0 Å². The zero-order chi connectivity index (χ0) is 11.6. The van der Waals surface area contributed by atoms with E-state index in [0.717, 1.165) is 25.1 Å². The molecule has 0 radical (unpaired) electrons. The summed E-state index contributed by atoms with van der Waals surface area (Å²) in [5.41, 5.74) is 1.15. The van der Waals surface area contributed by atoms with Crippen LogP contribution < -0.4 is 10.1 Å². The number of ether oxygens (including phenoxy) is 2. The third-order valence-corrected chi connectivity index (χ3v) is 2.00. The molecule has 0 saturated carbocycles. The normalized spacial score (nSPS) is 10.4. The molecular weight excluding hydrogens is 204 g/mol. The van der Waals surface area contributed by atoms with Crippen LogP contribution in [0.1, 0.15) is 18.9 Å². The molecule has 1 heterocycles. The van der Waals surface area contributed by atoms with Crippen LogP contribution in [0.15, 0.2) is 18.3 Å². The first-order valence-corrected chi connectivity index (χ1v) is 5.67. The topological polar surface area (TPSA) is 43.4 Å². The van der Waals surface area contributed by atoms with Gasteiger partial charge in [0.05, 0.1) is 6.61 Å². The van der Waals surface area contributed by atoms with Gasteiger partial charge in [-0.3, -0.25) is 0 Å². The van der Waals surface area contributed by atoms with Gasteiger partial charge in [-0.15, -0.1) is 0 Å². The van der Waals surface area contributed by atoms with Crippen LogP contribution >= 0.6 is 0 Å². The lowest BCUT2D eigenvalue weighted by atomic mass is 10.3. The first-order valence-electron chi connectivity index (χ1n) is 5.67. The van der Waals surface area contributed by atoms with Crippen molar-refractivity contribution in [1.29, 1.82) is 0 Å². The maximum atomic E-state index is 5.43. The summed E-state index contributed by atoms with van der Waals surface area (Å²) in [5, 5.41) is 3.07. The summed E-state index contributed by atoms with van der Waals surface area (Å²) in [6, 6.07) is 3.89. The van der Waals surface area contributed by atoms with Gasteiger partial charge in [-0.2, -0.15) is 0 Å². The highest BCUT2D eigenvalue weighted by Gasteiger charge is 1.96. The Labute approximate surface area is 97.0 Å². The van der Waals surface area contributed by atoms with Crippen molar-refractivity contribution < 1.29 is 9.47 Å². The molecule has 0 aliphatic rings. The highest BCUT2D eigenvalue weighted by molar-refractivity contribution is 5.17. The molecule has 90 valence electrons. The summed E-state index contributed by atoms with van der Waals surface area (Å²) >= 11 is 0. The fourth-order valence-corrected chi connectivity index (χ4v) is 1.26. The van der Waals surface area contributed by atoms with Gasteiger partial charge in [0.1, 0.15) is 6.61 Å². The number of hydrogen-bond acceptors (Lipinski definition) is 4. The zero-order valence-electron chi connectivity index (χ0n) is 10.0. The maximum Gasteiger partial charge on any atom is 0.213 e. The summed E-state index contributed by atoms with van der Waals surface area (Å²) in [5.74, 6) is 0.653. The lowest BCUT2D eigenvalue weighted by Gasteiger charge is -2.06. The maximum absolute atomic E-state index is 5.43. The van der Waals surface area contributed by atoms with Crippen molar-refractivity contribution in [3.8, 4) is 5.88 Å². The van der Waals surface area contributed by atoms with Gasteiger partial charge in [0.2, 0.25) is 5.88 Å². The molecule has 4 nitrogen and oxygen atoms in total. The van der Waals surface area contributed by atoms with Crippen molar-refractivity contribution in [3.63, 3.8) is 0 Å². The molecule has 0 unspecified atom stereocenters. The molecule has 0 amide bonds. The summed E-state index contributed by atoms with van der Waals surface area (Å²) in [6.07, 6.45) is 2.86. The van der Waals surface area contributed by atoms with E-state index in [9.17, 15) is 0 Å². The molecule has 0 aliphatic heterocycles. The second-order valence-electron chi connectivity index (χ2n) is 3.50. The number of pyridine rings is 1. The summed E-state index contributed by atoms with van der Waals surface area (Å²) in [4.78, 5) is 4.20. The number of nitrogens with one attached hydrogen (secondary N) is 1. The van der Waals surface area contributed by atoms with Crippen LogP contribution in [0.4, 0.5) is 0 Å². The minimum Gasteiger partial charge on any atom is -0.475 e. The Morgan fingerprint density at radius 2 is 2.12 bits per heavy atom. The summed E-state index contributed by atoms with van der Waals surface area (Å²) < 4.78 is 10.7. The fourth-order valence-electron chi connectivity index (χ4n) is 1.26.